The highest BCUT2D eigenvalue weighted by Crippen LogP contribution is 2.27. The molecule has 0 atom stereocenters. The molecule has 0 aromatic rings. The van der Waals surface area contributed by atoms with Crippen molar-refractivity contribution in [1.82, 2.24) is 10.6 Å². The third-order valence-electron chi connectivity index (χ3n) is 5.29. The number of aliphatic carboxylic acids is 1. The Balaban J connectivity index is 1.58. The van der Waals surface area contributed by atoms with E-state index in [1.807, 2.05) is 0 Å². The van der Waals surface area contributed by atoms with Gasteiger partial charge in [0.25, 0.3) is 0 Å². The molecule has 2 amide bonds. The maximum atomic E-state index is 12.1. The number of unbranched alkanes of at least 4 members (excludes halogenated alkanes) is 1. The first-order valence-corrected chi connectivity index (χ1v) is 9.36. The van der Waals surface area contributed by atoms with Gasteiger partial charge >= 0.3 is 5.97 Å². The number of carbonyl (C=O) groups is 3. The van der Waals surface area contributed by atoms with Crippen LogP contribution in [0.2, 0.25) is 0 Å². The third-order valence-corrected chi connectivity index (χ3v) is 5.29. The lowest BCUT2D eigenvalue weighted by molar-refractivity contribution is -0.137. The zero-order valence-corrected chi connectivity index (χ0v) is 14.4. The van der Waals surface area contributed by atoms with E-state index in [1.165, 1.54) is 0 Å². The Kier molecular flexibility index (Phi) is 7.53. The standard InChI is InChI=1S/C18H30N2O4/c21-16(22)7-3-4-12-19-17(23)14-8-10-15(11-9-14)20-18(24)13-5-1-2-6-13/h13-15H,1-12H2,(H,19,23)(H,20,24)(H,21,22). The van der Waals surface area contributed by atoms with E-state index in [4.69, 9.17) is 5.11 Å². The summed E-state index contributed by atoms with van der Waals surface area (Å²) in [6, 6.07) is 0.220. The monoisotopic (exact) mass is 338 g/mol. The third kappa shape index (κ3) is 6.13. The Morgan fingerprint density at radius 1 is 0.833 bits per heavy atom. The molecule has 0 radical (unpaired) electrons. The molecule has 2 fully saturated rings. The highest BCUT2D eigenvalue weighted by atomic mass is 16.4. The summed E-state index contributed by atoms with van der Waals surface area (Å²) in [5, 5.41) is 14.6. The van der Waals surface area contributed by atoms with Gasteiger partial charge in [0, 0.05) is 30.8 Å². The second-order valence-corrected chi connectivity index (χ2v) is 7.18. The van der Waals surface area contributed by atoms with Gasteiger partial charge in [-0.3, -0.25) is 14.4 Å². The van der Waals surface area contributed by atoms with E-state index in [9.17, 15) is 14.4 Å². The Hall–Kier alpha value is -1.59. The van der Waals surface area contributed by atoms with Crippen LogP contribution >= 0.6 is 0 Å². The number of hydrogen-bond donors (Lipinski definition) is 3. The lowest BCUT2D eigenvalue weighted by Gasteiger charge is -2.29. The summed E-state index contributed by atoms with van der Waals surface area (Å²) in [6.45, 7) is 0.546. The minimum Gasteiger partial charge on any atom is -0.481 e. The minimum absolute atomic E-state index is 0.0316. The van der Waals surface area contributed by atoms with Crippen LogP contribution in [0.3, 0.4) is 0 Å². The predicted octanol–water partition coefficient (Wildman–Crippen LogP) is 2.22. The lowest BCUT2D eigenvalue weighted by atomic mass is 9.85. The van der Waals surface area contributed by atoms with Crippen LogP contribution < -0.4 is 10.6 Å². The number of hydrogen-bond acceptors (Lipinski definition) is 3. The fourth-order valence-electron chi connectivity index (χ4n) is 3.76. The number of nitrogens with one attached hydrogen (secondary N) is 2. The van der Waals surface area contributed by atoms with Crippen molar-refractivity contribution in [3.05, 3.63) is 0 Å². The number of amides is 2. The molecule has 2 rings (SSSR count). The van der Waals surface area contributed by atoms with Gasteiger partial charge in [-0.05, 0) is 51.4 Å². The topological polar surface area (TPSA) is 95.5 Å². The molecular formula is C18H30N2O4. The molecule has 6 heteroatoms. The fourth-order valence-corrected chi connectivity index (χ4v) is 3.76. The van der Waals surface area contributed by atoms with Crippen molar-refractivity contribution in [2.75, 3.05) is 6.54 Å². The van der Waals surface area contributed by atoms with Crippen LogP contribution in [0, 0.1) is 11.8 Å². The Morgan fingerprint density at radius 3 is 2.08 bits per heavy atom. The molecule has 0 unspecified atom stereocenters. The van der Waals surface area contributed by atoms with Crippen LogP contribution in [0.1, 0.15) is 70.6 Å². The summed E-state index contributed by atoms with van der Waals surface area (Å²) >= 11 is 0. The molecule has 0 aliphatic heterocycles. The second kappa shape index (κ2) is 9.64. The maximum absolute atomic E-state index is 12.1. The molecule has 136 valence electrons. The van der Waals surface area contributed by atoms with Crippen LogP contribution in [0.4, 0.5) is 0 Å². The summed E-state index contributed by atoms with van der Waals surface area (Å²) in [7, 11) is 0. The smallest absolute Gasteiger partial charge is 0.303 e. The molecular weight excluding hydrogens is 308 g/mol. The first-order chi connectivity index (χ1) is 11.6. The number of rotatable bonds is 8. The quantitative estimate of drug-likeness (QED) is 0.591. The molecule has 6 nitrogen and oxygen atoms in total. The van der Waals surface area contributed by atoms with Crippen molar-refractivity contribution in [3.8, 4) is 0 Å². The molecule has 0 heterocycles. The average molecular weight is 338 g/mol. The summed E-state index contributed by atoms with van der Waals surface area (Å²) in [6.07, 6.45) is 9.19. The SMILES string of the molecule is O=C(O)CCCCNC(=O)C1CCC(NC(=O)C2CCCC2)CC1. The number of carboxylic acid groups (broad SMARTS) is 1. The largest absolute Gasteiger partial charge is 0.481 e. The number of carboxylic acids is 1. The summed E-state index contributed by atoms with van der Waals surface area (Å²) in [5.74, 6) is -0.273. The van der Waals surface area contributed by atoms with E-state index in [0.717, 1.165) is 51.4 Å². The van der Waals surface area contributed by atoms with Gasteiger partial charge in [0.2, 0.25) is 11.8 Å². The van der Waals surface area contributed by atoms with Gasteiger partial charge in [-0.25, -0.2) is 0 Å². The van der Waals surface area contributed by atoms with Crippen LogP contribution in [0.5, 0.6) is 0 Å². The molecule has 0 saturated heterocycles. The van der Waals surface area contributed by atoms with Gasteiger partial charge in [-0.1, -0.05) is 12.8 Å². The minimum atomic E-state index is -0.792. The average Bonchev–Trinajstić information content (AvgIpc) is 3.09. The zero-order valence-electron chi connectivity index (χ0n) is 14.4. The molecule has 24 heavy (non-hydrogen) atoms. The van der Waals surface area contributed by atoms with E-state index in [1.54, 1.807) is 0 Å². The highest BCUT2D eigenvalue weighted by molar-refractivity contribution is 5.80. The van der Waals surface area contributed by atoms with Gasteiger partial charge < -0.3 is 15.7 Å². The molecule has 0 bridgehead atoms. The van der Waals surface area contributed by atoms with Crippen LogP contribution in [-0.4, -0.2) is 35.5 Å². The molecule has 2 aliphatic carbocycles. The van der Waals surface area contributed by atoms with Gasteiger partial charge in [0.1, 0.15) is 0 Å². The highest BCUT2D eigenvalue weighted by Gasteiger charge is 2.29. The van der Waals surface area contributed by atoms with E-state index in [2.05, 4.69) is 10.6 Å². The van der Waals surface area contributed by atoms with Crippen molar-refractivity contribution in [2.45, 2.75) is 76.7 Å². The van der Waals surface area contributed by atoms with Crippen molar-refractivity contribution >= 4 is 17.8 Å². The van der Waals surface area contributed by atoms with E-state index >= 15 is 0 Å². The molecule has 0 aromatic carbocycles. The van der Waals surface area contributed by atoms with E-state index in [-0.39, 0.29) is 36.1 Å². The van der Waals surface area contributed by atoms with Crippen molar-refractivity contribution in [2.24, 2.45) is 11.8 Å². The second-order valence-electron chi connectivity index (χ2n) is 7.18. The lowest BCUT2D eigenvalue weighted by Crippen LogP contribution is -2.42. The Bertz CT molecular complexity index is 438. The molecule has 0 aromatic heterocycles. The van der Waals surface area contributed by atoms with E-state index in [0.29, 0.717) is 19.4 Å². The van der Waals surface area contributed by atoms with Crippen LogP contribution in [0.25, 0.3) is 0 Å². The molecule has 3 N–H and O–H groups in total. The molecule has 0 spiro atoms. The first kappa shape index (κ1) is 18.7. The summed E-state index contributed by atoms with van der Waals surface area (Å²) in [4.78, 5) is 34.7. The molecule has 2 aliphatic rings. The molecule has 2 saturated carbocycles. The predicted molar refractivity (Wildman–Crippen MR) is 90.3 cm³/mol. The zero-order chi connectivity index (χ0) is 17.4. The van der Waals surface area contributed by atoms with Crippen LogP contribution in [-0.2, 0) is 14.4 Å². The summed E-state index contributed by atoms with van der Waals surface area (Å²) in [5.41, 5.74) is 0. The number of carbonyl (C=O) groups excluding carboxylic acids is 2. The first-order valence-electron chi connectivity index (χ1n) is 9.36. The Morgan fingerprint density at radius 2 is 1.46 bits per heavy atom. The van der Waals surface area contributed by atoms with Gasteiger partial charge in [-0.15, -0.1) is 0 Å². The van der Waals surface area contributed by atoms with Crippen molar-refractivity contribution in [1.29, 1.82) is 0 Å². The van der Waals surface area contributed by atoms with Crippen molar-refractivity contribution < 1.29 is 19.5 Å². The van der Waals surface area contributed by atoms with Gasteiger partial charge in [-0.2, -0.15) is 0 Å². The van der Waals surface area contributed by atoms with E-state index < -0.39 is 5.97 Å². The van der Waals surface area contributed by atoms with Gasteiger partial charge in [0.15, 0.2) is 0 Å². The normalized spacial score (nSPS) is 24.5. The summed E-state index contributed by atoms with van der Waals surface area (Å²) < 4.78 is 0. The Labute approximate surface area is 143 Å². The van der Waals surface area contributed by atoms with Crippen molar-refractivity contribution in [3.63, 3.8) is 0 Å². The van der Waals surface area contributed by atoms with Crippen LogP contribution in [0.15, 0.2) is 0 Å². The fraction of sp³-hybridized carbons (Fsp3) is 0.833. The van der Waals surface area contributed by atoms with Gasteiger partial charge in [0.05, 0.1) is 0 Å². The maximum Gasteiger partial charge on any atom is 0.303 e.